The molecule has 132 valence electrons. The van der Waals surface area contributed by atoms with Crippen LogP contribution in [0.15, 0.2) is 24.3 Å². The maximum atomic E-state index is 11.6. The van der Waals surface area contributed by atoms with Gasteiger partial charge in [-0.2, -0.15) is 4.89 Å². The topological polar surface area (TPSA) is 54.0 Å². The van der Waals surface area contributed by atoms with E-state index in [9.17, 15) is 4.79 Å². The molecule has 0 spiro atoms. The van der Waals surface area contributed by atoms with E-state index in [0.29, 0.717) is 6.61 Å². The Balaban J connectivity index is 2.06. The molecule has 24 heavy (non-hydrogen) atoms. The number of carbonyl (C=O) groups excluding carboxylic acids is 1. The van der Waals surface area contributed by atoms with Gasteiger partial charge in [0.15, 0.2) is 5.60 Å². The van der Waals surface area contributed by atoms with Gasteiger partial charge in [0.25, 0.3) is 5.79 Å². The van der Waals surface area contributed by atoms with Crippen molar-refractivity contribution in [2.24, 2.45) is 10.8 Å². The van der Waals surface area contributed by atoms with E-state index in [0.717, 1.165) is 11.1 Å². The molecule has 1 aromatic carbocycles. The highest BCUT2D eigenvalue weighted by Crippen LogP contribution is 2.69. The highest BCUT2D eigenvalue weighted by Gasteiger charge is 2.81. The summed E-state index contributed by atoms with van der Waals surface area (Å²) in [6, 6.07) is 7.72. The Kier molecular flexibility index (Phi) is 3.83. The molecule has 5 heteroatoms. The molecule has 2 heterocycles. The molecule has 2 aliphatic rings. The van der Waals surface area contributed by atoms with Gasteiger partial charge in [0, 0.05) is 16.4 Å². The number of ether oxygens (including phenoxy) is 2. The number of benzene rings is 1. The van der Waals surface area contributed by atoms with Crippen LogP contribution in [0, 0.1) is 10.8 Å². The average Bonchev–Trinajstić information content (AvgIpc) is 2.61. The molecule has 3 rings (SSSR count). The predicted octanol–water partition coefficient (Wildman–Crippen LogP) is 3.36. The van der Waals surface area contributed by atoms with E-state index in [1.54, 1.807) is 0 Å². The number of hydrogen-bond acceptors (Lipinski definition) is 5. The van der Waals surface area contributed by atoms with E-state index >= 15 is 0 Å². The fraction of sp³-hybridized carbons (Fsp3) is 0.632. The number of rotatable bonds is 3. The minimum Gasteiger partial charge on any atom is -0.469 e. The third kappa shape index (κ3) is 2.08. The Hall–Kier alpha value is -1.43. The lowest BCUT2D eigenvalue weighted by Gasteiger charge is -2.61. The summed E-state index contributed by atoms with van der Waals surface area (Å²) in [6.45, 7) is 11.2. The van der Waals surface area contributed by atoms with Crippen molar-refractivity contribution >= 4 is 5.97 Å². The van der Waals surface area contributed by atoms with Gasteiger partial charge in [-0.1, -0.05) is 52.8 Å². The van der Waals surface area contributed by atoms with Crippen LogP contribution in [0.25, 0.3) is 0 Å². The minimum absolute atomic E-state index is 0.205. The Labute approximate surface area is 143 Å². The number of carbonyl (C=O) groups is 1. The lowest BCUT2D eigenvalue weighted by molar-refractivity contribution is -0.626. The normalized spacial score (nSPS) is 31.2. The van der Waals surface area contributed by atoms with Crippen molar-refractivity contribution in [3.05, 3.63) is 35.4 Å². The van der Waals surface area contributed by atoms with E-state index in [-0.39, 0.29) is 23.2 Å². The van der Waals surface area contributed by atoms with Gasteiger partial charge in [-0.05, 0) is 11.6 Å². The van der Waals surface area contributed by atoms with Crippen LogP contribution in [0.5, 0.6) is 0 Å². The van der Waals surface area contributed by atoms with E-state index in [1.165, 1.54) is 7.11 Å². The van der Waals surface area contributed by atoms with Crippen molar-refractivity contribution in [3.8, 4) is 0 Å². The van der Waals surface area contributed by atoms with Crippen LogP contribution in [0.1, 0.15) is 45.7 Å². The first kappa shape index (κ1) is 17.4. The maximum absolute atomic E-state index is 11.6. The quantitative estimate of drug-likeness (QED) is 0.627. The molecule has 0 amide bonds. The number of fused-ring (bicyclic) bond motifs is 1. The molecule has 2 atom stereocenters. The van der Waals surface area contributed by atoms with Gasteiger partial charge in [0.05, 0.1) is 20.1 Å². The molecule has 5 nitrogen and oxygen atoms in total. The number of esters is 1. The second-order valence-electron chi connectivity index (χ2n) is 8.34. The Morgan fingerprint density at radius 1 is 1.25 bits per heavy atom. The molecule has 2 aliphatic heterocycles. The smallest absolute Gasteiger partial charge is 0.309 e. The molecule has 0 aliphatic carbocycles. The van der Waals surface area contributed by atoms with Crippen molar-refractivity contribution in [3.63, 3.8) is 0 Å². The number of methoxy groups -OCH3 is 1. The number of hydrogen-bond donors (Lipinski definition) is 0. The second kappa shape index (κ2) is 5.28. The SMILES string of the molecule is COC(=O)Cc1cccc(C23OCC(C)(C)C2(C(C)(C)C)OO3)c1. The molecule has 2 fully saturated rings. The molecule has 0 N–H and O–H groups in total. The van der Waals surface area contributed by atoms with Gasteiger partial charge in [0.1, 0.15) is 0 Å². The van der Waals surface area contributed by atoms with E-state index in [4.69, 9.17) is 19.2 Å². The summed E-state index contributed by atoms with van der Waals surface area (Å²) in [5, 5.41) is 0. The summed E-state index contributed by atoms with van der Waals surface area (Å²) in [4.78, 5) is 23.0. The molecule has 1 aromatic rings. The molecular formula is C19H26O5. The van der Waals surface area contributed by atoms with Crippen LogP contribution in [0.4, 0.5) is 0 Å². The first-order chi connectivity index (χ1) is 11.1. The fourth-order valence-corrected chi connectivity index (χ4v) is 4.36. The maximum Gasteiger partial charge on any atom is 0.309 e. The van der Waals surface area contributed by atoms with Gasteiger partial charge >= 0.3 is 5.97 Å². The van der Waals surface area contributed by atoms with Gasteiger partial charge in [0.2, 0.25) is 0 Å². The molecule has 0 saturated carbocycles. The zero-order valence-corrected chi connectivity index (χ0v) is 15.3. The van der Waals surface area contributed by atoms with Gasteiger partial charge in [-0.25, -0.2) is 4.89 Å². The highest BCUT2D eigenvalue weighted by atomic mass is 17.3. The third-order valence-electron chi connectivity index (χ3n) is 5.28. The van der Waals surface area contributed by atoms with Crippen molar-refractivity contribution in [1.82, 2.24) is 0 Å². The minimum atomic E-state index is -0.957. The summed E-state index contributed by atoms with van der Waals surface area (Å²) in [5.74, 6) is -1.23. The van der Waals surface area contributed by atoms with Crippen LogP contribution in [-0.2, 0) is 36.3 Å². The summed E-state index contributed by atoms with van der Waals surface area (Å²) < 4.78 is 11.0. The standard InChI is InChI=1S/C19H26O5/c1-16(2,3)19-17(4,5)12-22-18(19,23-24-19)14-9-7-8-13(10-14)11-15(20)21-6/h7-10H,11-12H2,1-6H3. The Morgan fingerprint density at radius 3 is 2.50 bits per heavy atom. The average molecular weight is 334 g/mol. The van der Waals surface area contributed by atoms with Crippen LogP contribution >= 0.6 is 0 Å². The van der Waals surface area contributed by atoms with E-state index in [2.05, 4.69) is 34.6 Å². The van der Waals surface area contributed by atoms with E-state index < -0.39 is 11.4 Å². The summed E-state index contributed by atoms with van der Waals surface area (Å²) >= 11 is 0. The zero-order valence-electron chi connectivity index (χ0n) is 15.3. The predicted molar refractivity (Wildman–Crippen MR) is 87.9 cm³/mol. The summed E-state index contributed by atoms with van der Waals surface area (Å²) in [5.41, 5.74) is 0.693. The van der Waals surface area contributed by atoms with Crippen molar-refractivity contribution in [1.29, 1.82) is 0 Å². The molecule has 0 radical (unpaired) electrons. The van der Waals surface area contributed by atoms with Crippen LogP contribution in [0.2, 0.25) is 0 Å². The largest absolute Gasteiger partial charge is 0.469 e. The van der Waals surface area contributed by atoms with Crippen LogP contribution < -0.4 is 0 Å². The van der Waals surface area contributed by atoms with Gasteiger partial charge in [-0.15, -0.1) is 0 Å². The molecule has 2 saturated heterocycles. The van der Waals surface area contributed by atoms with Crippen molar-refractivity contribution in [2.75, 3.05) is 13.7 Å². The lowest BCUT2D eigenvalue weighted by Crippen LogP contribution is -2.73. The molecule has 0 aromatic heterocycles. The van der Waals surface area contributed by atoms with Crippen LogP contribution in [0.3, 0.4) is 0 Å². The first-order valence-corrected chi connectivity index (χ1v) is 8.27. The first-order valence-electron chi connectivity index (χ1n) is 8.27. The summed E-state index contributed by atoms with van der Waals surface area (Å²) in [7, 11) is 1.39. The zero-order chi connectivity index (χ0) is 17.8. The third-order valence-corrected chi connectivity index (χ3v) is 5.28. The molecular weight excluding hydrogens is 308 g/mol. The Morgan fingerprint density at radius 2 is 1.96 bits per heavy atom. The van der Waals surface area contributed by atoms with Crippen LogP contribution in [-0.4, -0.2) is 25.3 Å². The van der Waals surface area contributed by atoms with Crippen molar-refractivity contribution in [2.45, 2.75) is 52.4 Å². The monoisotopic (exact) mass is 334 g/mol. The highest BCUT2D eigenvalue weighted by molar-refractivity contribution is 5.72. The molecule has 2 unspecified atom stereocenters. The van der Waals surface area contributed by atoms with E-state index in [1.807, 2.05) is 24.3 Å². The van der Waals surface area contributed by atoms with Gasteiger partial charge in [-0.3, -0.25) is 4.79 Å². The fourth-order valence-electron chi connectivity index (χ4n) is 4.36. The Bertz CT molecular complexity index is 660. The molecule has 0 bridgehead atoms. The van der Waals surface area contributed by atoms with Gasteiger partial charge < -0.3 is 9.47 Å². The summed E-state index contributed by atoms with van der Waals surface area (Å²) in [6.07, 6.45) is 0.215. The van der Waals surface area contributed by atoms with Crippen molar-refractivity contribution < 1.29 is 24.0 Å². The lowest BCUT2D eigenvalue weighted by atomic mass is 9.57. The second-order valence-corrected chi connectivity index (χ2v) is 8.34.